The summed E-state index contributed by atoms with van der Waals surface area (Å²) in [4.78, 5) is 57.9. The van der Waals surface area contributed by atoms with E-state index in [4.69, 9.17) is 5.73 Å². The molecule has 2 aliphatic rings. The summed E-state index contributed by atoms with van der Waals surface area (Å²) in [6.45, 7) is 4.37. The Labute approximate surface area is 284 Å². The molecule has 47 heavy (non-hydrogen) atoms. The summed E-state index contributed by atoms with van der Waals surface area (Å²) in [5.74, 6) is -1.12. The highest BCUT2D eigenvalue weighted by Crippen LogP contribution is 2.40. The van der Waals surface area contributed by atoms with Crippen LogP contribution in [0.5, 0.6) is 0 Å². The first-order valence-electron chi connectivity index (χ1n) is 15.7. The number of nitrogens with two attached hydrogens (primary N) is 1. The van der Waals surface area contributed by atoms with Crippen molar-refractivity contribution in [2.45, 2.75) is 70.1 Å². The van der Waals surface area contributed by atoms with Gasteiger partial charge in [0.2, 0.25) is 23.6 Å². The molecule has 4 amide bonds. The molecule has 0 aliphatic carbocycles. The smallest absolute Gasteiger partial charge is 0.250 e. The van der Waals surface area contributed by atoms with Gasteiger partial charge in [-0.25, -0.2) is 0 Å². The molecule has 248 valence electrons. The highest BCUT2D eigenvalue weighted by atomic mass is 35.5. The Morgan fingerprint density at radius 2 is 1.91 bits per heavy atom. The molecule has 1 unspecified atom stereocenters. The Hall–Kier alpha value is -4.19. The predicted molar refractivity (Wildman–Crippen MR) is 188 cm³/mol. The first kappa shape index (κ1) is 34.2. The molecule has 0 radical (unpaired) electrons. The number of nitrogens with zero attached hydrogens (tertiary/aromatic N) is 3. The summed E-state index contributed by atoms with van der Waals surface area (Å²) in [5.41, 5.74) is 10.3. The lowest BCUT2D eigenvalue weighted by Gasteiger charge is -2.37. The van der Waals surface area contributed by atoms with Gasteiger partial charge in [0.05, 0.1) is 23.5 Å². The Morgan fingerprint density at radius 1 is 1.13 bits per heavy atom. The Morgan fingerprint density at radius 3 is 2.62 bits per heavy atom. The number of thiophene rings is 1. The number of halogens is 1. The number of nitrogens with one attached hydrogen (secondary N) is 2. The maximum absolute atomic E-state index is 14.3. The molecule has 0 bridgehead atoms. The van der Waals surface area contributed by atoms with Crippen LogP contribution in [0.3, 0.4) is 0 Å². The number of hydrogen-bond acceptors (Lipinski definition) is 6. The number of rotatable bonds is 10. The summed E-state index contributed by atoms with van der Waals surface area (Å²) < 4.78 is 1.99. The van der Waals surface area contributed by atoms with Crippen molar-refractivity contribution in [3.8, 4) is 0 Å². The van der Waals surface area contributed by atoms with Crippen LogP contribution in [0.25, 0.3) is 10.9 Å². The first-order chi connectivity index (χ1) is 22.1. The standard InChI is InChI=1S/C35H40N6O4S.ClH/c1-4-35(2,36)34(45)38-26(18-24-20-39(3)28-11-6-5-10-25(24)28)32(43)37-27-17-23-9-7-12-29(40-15-8-13-30(40)42)31(23)41(33(27)44)19-22-14-16-46-21-22;/h5-7,9-12,14,16,20-21,26-27H,4,8,13,15,17-19,36H2,1-3H3,(H,37,43)(H,38,45);1H/t26-,27?,35-;/m1./s1. The minimum absolute atomic E-state index is 0. The molecule has 3 atom stereocenters. The fourth-order valence-electron chi connectivity index (χ4n) is 6.39. The lowest BCUT2D eigenvalue weighted by molar-refractivity contribution is -0.133. The number of anilines is 2. The molecular weight excluding hydrogens is 636 g/mol. The monoisotopic (exact) mass is 676 g/mol. The highest BCUT2D eigenvalue weighted by molar-refractivity contribution is 7.07. The minimum atomic E-state index is -1.17. The van der Waals surface area contributed by atoms with Crippen molar-refractivity contribution in [2.75, 3.05) is 16.3 Å². The molecule has 2 aromatic carbocycles. The first-order valence-corrected chi connectivity index (χ1v) is 16.7. The summed E-state index contributed by atoms with van der Waals surface area (Å²) in [6.07, 6.45) is 4.07. The fourth-order valence-corrected chi connectivity index (χ4v) is 7.05. The van der Waals surface area contributed by atoms with Crippen LogP contribution in [0, 0.1) is 0 Å². The van der Waals surface area contributed by atoms with Crippen molar-refractivity contribution < 1.29 is 19.2 Å². The number of hydrogen-bond donors (Lipinski definition) is 3. The Bertz CT molecular complexity index is 1800. The van der Waals surface area contributed by atoms with Crippen molar-refractivity contribution in [3.05, 3.63) is 82.2 Å². The number of amides is 4. The average Bonchev–Trinajstić information content (AvgIpc) is 3.79. The van der Waals surface area contributed by atoms with E-state index in [1.807, 2.05) is 84.0 Å². The number of aryl methyl sites for hydroxylation is 1. The van der Waals surface area contributed by atoms with E-state index < -0.39 is 29.4 Å². The van der Waals surface area contributed by atoms with Crippen LogP contribution >= 0.6 is 23.7 Å². The summed E-state index contributed by atoms with van der Waals surface area (Å²) in [5, 5.41) is 10.8. The minimum Gasteiger partial charge on any atom is -0.350 e. The third-order valence-corrected chi connectivity index (χ3v) is 9.97. The van der Waals surface area contributed by atoms with Gasteiger partial charge in [-0.1, -0.05) is 37.3 Å². The second kappa shape index (κ2) is 13.9. The maximum atomic E-state index is 14.3. The van der Waals surface area contributed by atoms with Crippen molar-refractivity contribution in [2.24, 2.45) is 12.8 Å². The molecule has 2 aliphatic heterocycles. The van der Waals surface area contributed by atoms with Crippen LogP contribution in [-0.2, 0) is 45.6 Å². The van der Waals surface area contributed by atoms with Crippen LogP contribution in [-0.4, -0.2) is 52.4 Å². The normalized spacial score (nSPS) is 18.0. The van der Waals surface area contributed by atoms with Crippen LogP contribution in [0.4, 0.5) is 11.4 Å². The van der Waals surface area contributed by atoms with E-state index in [0.717, 1.165) is 39.7 Å². The number of para-hydroxylation sites is 2. The van der Waals surface area contributed by atoms with E-state index in [1.54, 1.807) is 28.1 Å². The number of aromatic nitrogens is 1. The van der Waals surface area contributed by atoms with Crippen molar-refractivity contribution >= 4 is 69.7 Å². The molecular formula is C35H41ClN6O4S. The van der Waals surface area contributed by atoms with E-state index in [2.05, 4.69) is 10.6 Å². The van der Waals surface area contributed by atoms with E-state index in [0.29, 0.717) is 31.6 Å². The van der Waals surface area contributed by atoms with Gasteiger partial charge in [0.1, 0.15) is 12.1 Å². The van der Waals surface area contributed by atoms with Gasteiger partial charge in [0.15, 0.2) is 0 Å². The third-order valence-electron chi connectivity index (χ3n) is 9.24. The van der Waals surface area contributed by atoms with Gasteiger partial charge in [-0.3, -0.25) is 19.2 Å². The molecule has 1 saturated heterocycles. The van der Waals surface area contributed by atoms with Gasteiger partial charge in [-0.2, -0.15) is 11.3 Å². The van der Waals surface area contributed by atoms with Crippen LogP contribution in [0.15, 0.2) is 65.5 Å². The van der Waals surface area contributed by atoms with E-state index >= 15 is 0 Å². The van der Waals surface area contributed by atoms with Gasteiger partial charge < -0.3 is 30.7 Å². The summed E-state index contributed by atoms with van der Waals surface area (Å²) in [6, 6.07) is 13.8. The topological polar surface area (TPSA) is 130 Å². The Balaban J connectivity index is 0.00000433. The van der Waals surface area contributed by atoms with E-state index in [9.17, 15) is 19.2 Å². The Kier molecular flexibility index (Phi) is 10.1. The largest absolute Gasteiger partial charge is 0.350 e. The highest BCUT2D eigenvalue weighted by Gasteiger charge is 2.39. The van der Waals surface area contributed by atoms with Crippen molar-refractivity contribution in [1.82, 2.24) is 15.2 Å². The van der Waals surface area contributed by atoms with E-state index in [1.165, 1.54) is 0 Å². The lowest BCUT2D eigenvalue weighted by Crippen LogP contribution is -2.60. The van der Waals surface area contributed by atoms with Gasteiger partial charge in [-0.15, -0.1) is 12.4 Å². The predicted octanol–water partition coefficient (Wildman–Crippen LogP) is 4.22. The maximum Gasteiger partial charge on any atom is 0.250 e. The zero-order valence-electron chi connectivity index (χ0n) is 26.8. The second-order valence-electron chi connectivity index (χ2n) is 12.5. The van der Waals surface area contributed by atoms with Crippen molar-refractivity contribution in [3.63, 3.8) is 0 Å². The number of carbonyl (C=O) groups is 4. The third kappa shape index (κ3) is 6.79. The van der Waals surface area contributed by atoms with Gasteiger partial charge >= 0.3 is 0 Å². The zero-order chi connectivity index (χ0) is 32.6. The lowest BCUT2D eigenvalue weighted by atomic mass is 9.94. The number of fused-ring (bicyclic) bond motifs is 2. The van der Waals surface area contributed by atoms with Crippen LogP contribution < -0.4 is 26.2 Å². The molecule has 4 heterocycles. The molecule has 0 saturated carbocycles. The van der Waals surface area contributed by atoms with Gasteiger partial charge in [-0.05, 0) is 65.4 Å². The molecule has 12 heteroatoms. The molecule has 1 fully saturated rings. The summed E-state index contributed by atoms with van der Waals surface area (Å²) >= 11 is 1.54. The summed E-state index contributed by atoms with van der Waals surface area (Å²) in [7, 11) is 1.94. The molecule has 2 aromatic heterocycles. The van der Waals surface area contributed by atoms with Crippen LogP contribution in [0.2, 0.25) is 0 Å². The molecule has 4 aromatic rings. The zero-order valence-corrected chi connectivity index (χ0v) is 28.5. The molecule has 6 rings (SSSR count). The molecule has 0 spiro atoms. The second-order valence-corrected chi connectivity index (χ2v) is 13.3. The van der Waals surface area contributed by atoms with Gasteiger partial charge in [0.25, 0.3) is 0 Å². The van der Waals surface area contributed by atoms with E-state index in [-0.39, 0.29) is 37.1 Å². The number of benzene rings is 2. The molecule has 4 N–H and O–H groups in total. The number of carbonyl (C=O) groups excluding carboxylic acids is 4. The van der Waals surface area contributed by atoms with Gasteiger partial charge in [0, 0.05) is 50.0 Å². The fraction of sp³-hybridized carbons (Fsp3) is 0.371. The SMILES string of the molecule is CC[C@@](C)(N)C(=O)N[C@H](Cc1cn(C)c2ccccc12)C(=O)NC1Cc2cccc(N3CCCC3=O)c2N(Cc2ccsc2)C1=O.Cl. The van der Waals surface area contributed by atoms with Crippen molar-refractivity contribution in [1.29, 1.82) is 0 Å². The van der Waals surface area contributed by atoms with Crippen LogP contribution in [0.1, 0.15) is 49.8 Å². The molecule has 10 nitrogen and oxygen atoms in total. The quantitative estimate of drug-likeness (QED) is 0.232. The average molecular weight is 677 g/mol.